The summed E-state index contributed by atoms with van der Waals surface area (Å²) in [7, 11) is 0. The Morgan fingerprint density at radius 2 is 1.81 bits per heavy atom. The molecular formula is C13H25NO2. The van der Waals surface area contributed by atoms with Gasteiger partial charge < -0.3 is 9.64 Å². The van der Waals surface area contributed by atoms with Crippen LogP contribution in [0.5, 0.6) is 0 Å². The van der Waals surface area contributed by atoms with Crippen LogP contribution >= 0.6 is 0 Å². The Hall–Kier alpha value is -0.730. The quantitative estimate of drug-likeness (QED) is 0.633. The van der Waals surface area contributed by atoms with Gasteiger partial charge in [0.25, 0.3) is 0 Å². The zero-order chi connectivity index (χ0) is 12.2. The number of carbonyl (C=O) groups excluding carboxylic acids is 1. The van der Waals surface area contributed by atoms with E-state index in [2.05, 4.69) is 6.92 Å². The summed E-state index contributed by atoms with van der Waals surface area (Å²) in [5.41, 5.74) is -0.390. The molecule has 1 aliphatic rings. The first-order valence-corrected chi connectivity index (χ1v) is 6.40. The summed E-state index contributed by atoms with van der Waals surface area (Å²) in [6.07, 6.45) is 5.80. The second-order valence-electron chi connectivity index (χ2n) is 5.73. The van der Waals surface area contributed by atoms with E-state index in [9.17, 15) is 4.79 Å². The van der Waals surface area contributed by atoms with Crippen LogP contribution in [0, 0.1) is 0 Å². The van der Waals surface area contributed by atoms with Gasteiger partial charge in [0.05, 0.1) is 0 Å². The highest BCUT2D eigenvalue weighted by Gasteiger charge is 2.26. The molecule has 0 saturated carbocycles. The molecule has 1 heterocycles. The first kappa shape index (κ1) is 13.3. The Kier molecular flexibility index (Phi) is 4.63. The second-order valence-corrected chi connectivity index (χ2v) is 5.73. The molecule has 3 heteroatoms. The lowest BCUT2D eigenvalue weighted by atomic mass is 10.0. The number of nitrogens with zero attached hydrogens (tertiary/aromatic N) is 1. The summed E-state index contributed by atoms with van der Waals surface area (Å²) in [6.45, 7) is 8.71. The smallest absolute Gasteiger partial charge is 0.410 e. The number of rotatable bonds is 0. The minimum Gasteiger partial charge on any atom is -0.444 e. The van der Waals surface area contributed by atoms with E-state index in [-0.39, 0.29) is 11.7 Å². The fourth-order valence-electron chi connectivity index (χ4n) is 2.04. The van der Waals surface area contributed by atoms with E-state index in [1.54, 1.807) is 0 Å². The number of carbonyl (C=O) groups is 1. The number of hydrogen-bond donors (Lipinski definition) is 0. The molecule has 0 aromatic rings. The Morgan fingerprint density at radius 3 is 2.44 bits per heavy atom. The number of ether oxygens (including phenoxy) is 1. The molecule has 16 heavy (non-hydrogen) atoms. The van der Waals surface area contributed by atoms with Gasteiger partial charge in [-0.2, -0.15) is 0 Å². The summed E-state index contributed by atoms with van der Waals surface area (Å²) in [6, 6.07) is 0.315. The first-order chi connectivity index (χ1) is 7.40. The fourth-order valence-corrected chi connectivity index (χ4v) is 2.04. The molecule has 1 unspecified atom stereocenters. The number of likely N-dealkylation sites (tertiary alicyclic amines) is 1. The van der Waals surface area contributed by atoms with Gasteiger partial charge in [0.2, 0.25) is 0 Å². The van der Waals surface area contributed by atoms with E-state index >= 15 is 0 Å². The molecule has 3 nitrogen and oxygen atoms in total. The van der Waals surface area contributed by atoms with Gasteiger partial charge in [-0.05, 0) is 40.5 Å². The summed E-state index contributed by atoms with van der Waals surface area (Å²) >= 11 is 0. The normalized spacial score (nSPS) is 23.5. The molecule has 0 aliphatic carbocycles. The number of hydrogen-bond acceptors (Lipinski definition) is 2. The van der Waals surface area contributed by atoms with Gasteiger partial charge in [-0.3, -0.25) is 0 Å². The summed E-state index contributed by atoms with van der Waals surface area (Å²) in [5.74, 6) is 0. The van der Waals surface area contributed by atoms with Gasteiger partial charge in [0, 0.05) is 12.6 Å². The van der Waals surface area contributed by atoms with Crippen LogP contribution in [0.15, 0.2) is 0 Å². The average Bonchev–Trinajstić information content (AvgIpc) is 2.08. The third-order valence-corrected chi connectivity index (χ3v) is 2.93. The average molecular weight is 227 g/mol. The zero-order valence-electron chi connectivity index (χ0n) is 11.1. The molecule has 0 radical (unpaired) electrons. The lowest BCUT2D eigenvalue weighted by molar-refractivity contribution is 0.0152. The molecule has 1 rings (SSSR count). The van der Waals surface area contributed by atoms with Crippen molar-refractivity contribution in [3.8, 4) is 0 Å². The van der Waals surface area contributed by atoms with Crippen LogP contribution in [0.4, 0.5) is 4.79 Å². The lowest BCUT2D eigenvalue weighted by Gasteiger charge is -2.33. The minimum atomic E-state index is -0.390. The van der Waals surface area contributed by atoms with Crippen LogP contribution in [0.2, 0.25) is 0 Å². The fraction of sp³-hybridized carbons (Fsp3) is 0.923. The standard InChI is InChI=1S/C13H25NO2/c1-11-9-7-5-6-8-10-14(11)12(15)16-13(2,3)4/h11H,5-10H2,1-4H3. The zero-order valence-corrected chi connectivity index (χ0v) is 11.1. The lowest BCUT2D eigenvalue weighted by Crippen LogP contribution is -2.43. The molecule has 0 spiro atoms. The van der Waals surface area contributed by atoms with E-state index in [1.165, 1.54) is 19.3 Å². The predicted octanol–water partition coefficient (Wildman–Crippen LogP) is 3.58. The highest BCUT2D eigenvalue weighted by atomic mass is 16.6. The third-order valence-electron chi connectivity index (χ3n) is 2.93. The van der Waals surface area contributed by atoms with Crippen molar-refractivity contribution in [3.05, 3.63) is 0 Å². The molecule has 1 saturated heterocycles. The molecule has 0 aromatic heterocycles. The maximum absolute atomic E-state index is 12.0. The Labute approximate surface area is 99.1 Å². The van der Waals surface area contributed by atoms with Crippen molar-refractivity contribution < 1.29 is 9.53 Å². The highest BCUT2D eigenvalue weighted by molar-refractivity contribution is 5.68. The van der Waals surface area contributed by atoms with E-state index in [4.69, 9.17) is 4.74 Å². The van der Waals surface area contributed by atoms with Crippen LogP contribution in [-0.4, -0.2) is 29.2 Å². The topological polar surface area (TPSA) is 29.5 Å². The van der Waals surface area contributed by atoms with E-state index in [0.717, 1.165) is 19.4 Å². The van der Waals surface area contributed by atoms with Gasteiger partial charge in [0.1, 0.15) is 5.60 Å². The van der Waals surface area contributed by atoms with E-state index in [0.29, 0.717) is 6.04 Å². The predicted molar refractivity (Wildman–Crippen MR) is 65.5 cm³/mol. The molecule has 1 fully saturated rings. The van der Waals surface area contributed by atoms with Crippen LogP contribution in [-0.2, 0) is 4.74 Å². The van der Waals surface area contributed by atoms with Crippen LogP contribution in [0.1, 0.15) is 59.8 Å². The van der Waals surface area contributed by atoms with Gasteiger partial charge in [-0.1, -0.05) is 19.3 Å². The molecule has 1 aliphatic heterocycles. The Bertz CT molecular complexity index is 233. The Morgan fingerprint density at radius 1 is 1.19 bits per heavy atom. The molecule has 94 valence electrons. The molecule has 0 N–H and O–H groups in total. The second kappa shape index (κ2) is 5.55. The highest BCUT2D eigenvalue weighted by Crippen LogP contribution is 2.19. The van der Waals surface area contributed by atoms with Crippen LogP contribution in [0.3, 0.4) is 0 Å². The number of amides is 1. The summed E-state index contributed by atoms with van der Waals surface area (Å²) in [4.78, 5) is 13.9. The van der Waals surface area contributed by atoms with Gasteiger partial charge >= 0.3 is 6.09 Å². The van der Waals surface area contributed by atoms with Gasteiger partial charge in [-0.15, -0.1) is 0 Å². The van der Waals surface area contributed by atoms with Crippen molar-refractivity contribution >= 4 is 6.09 Å². The van der Waals surface area contributed by atoms with Crippen molar-refractivity contribution in [2.75, 3.05) is 6.54 Å². The van der Waals surface area contributed by atoms with Crippen molar-refractivity contribution in [2.45, 2.75) is 71.4 Å². The first-order valence-electron chi connectivity index (χ1n) is 6.40. The maximum Gasteiger partial charge on any atom is 0.410 e. The van der Waals surface area contributed by atoms with Gasteiger partial charge in [-0.25, -0.2) is 4.79 Å². The van der Waals surface area contributed by atoms with Crippen molar-refractivity contribution in [2.24, 2.45) is 0 Å². The molecule has 0 aromatic carbocycles. The molecule has 1 atom stereocenters. The summed E-state index contributed by atoms with van der Waals surface area (Å²) < 4.78 is 5.43. The van der Waals surface area contributed by atoms with Crippen LogP contribution < -0.4 is 0 Å². The summed E-state index contributed by atoms with van der Waals surface area (Å²) in [5, 5.41) is 0. The monoisotopic (exact) mass is 227 g/mol. The van der Waals surface area contributed by atoms with Crippen molar-refractivity contribution in [3.63, 3.8) is 0 Å². The van der Waals surface area contributed by atoms with E-state index in [1.807, 2.05) is 25.7 Å². The molecule has 0 bridgehead atoms. The van der Waals surface area contributed by atoms with Crippen LogP contribution in [0.25, 0.3) is 0 Å². The SMILES string of the molecule is CC1CCCCCCN1C(=O)OC(C)(C)C. The molecular weight excluding hydrogens is 202 g/mol. The van der Waals surface area contributed by atoms with Crippen molar-refractivity contribution in [1.82, 2.24) is 4.90 Å². The van der Waals surface area contributed by atoms with E-state index < -0.39 is 0 Å². The van der Waals surface area contributed by atoms with Crippen molar-refractivity contribution in [1.29, 1.82) is 0 Å². The van der Waals surface area contributed by atoms with Gasteiger partial charge in [0.15, 0.2) is 0 Å². The molecule has 1 amide bonds. The maximum atomic E-state index is 12.0. The largest absolute Gasteiger partial charge is 0.444 e. The Balaban J connectivity index is 2.56. The minimum absolute atomic E-state index is 0.151. The third kappa shape index (κ3) is 4.42.